The van der Waals surface area contributed by atoms with Crippen molar-refractivity contribution in [1.29, 1.82) is 0 Å². The average molecular weight is 291 g/mol. The number of benzene rings is 1. The molecular weight excluding hydrogens is 266 g/mol. The van der Waals surface area contributed by atoms with Gasteiger partial charge in [0.05, 0.1) is 12.7 Å². The summed E-state index contributed by atoms with van der Waals surface area (Å²) in [5.41, 5.74) is 0.927. The highest BCUT2D eigenvalue weighted by molar-refractivity contribution is 5.91. The van der Waals surface area contributed by atoms with Gasteiger partial charge in [-0.05, 0) is 43.0 Å². The van der Waals surface area contributed by atoms with Gasteiger partial charge in [-0.15, -0.1) is 0 Å². The number of ether oxygens (including phenoxy) is 1. The summed E-state index contributed by atoms with van der Waals surface area (Å²) in [5, 5.41) is 12.4. The van der Waals surface area contributed by atoms with Gasteiger partial charge in [0.2, 0.25) is 5.91 Å². The van der Waals surface area contributed by atoms with E-state index in [1.165, 1.54) is 6.08 Å². The van der Waals surface area contributed by atoms with Gasteiger partial charge in [-0.2, -0.15) is 0 Å². The van der Waals surface area contributed by atoms with Crippen molar-refractivity contribution in [2.75, 3.05) is 13.2 Å². The first kappa shape index (κ1) is 17.2. The lowest BCUT2D eigenvalue weighted by Crippen LogP contribution is -2.31. The molecule has 0 fully saturated rings. The van der Waals surface area contributed by atoms with Gasteiger partial charge in [0, 0.05) is 12.6 Å². The van der Waals surface area contributed by atoms with Crippen molar-refractivity contribution in [1.82, 2.24) is 5.32 Å². The third kappa shape index (κ3) is 7.51. The van der Waals surface area contributed by atoms with Gasteiger partial charge in [0.15, 0.2) is 0 Å². The highest BCUT2D eigenvalue weighted by atomic mass is 16.5. The van der Waals surface area contributed by atoms with Gasteiger partial charge in [-0.25, -0.2) is 0 Å². The van der Waals surface area contributed by atoms with Gasteiger partial charge >= 0.3 is 0 Å². The van der Waals surface area contributed by atoms with Crippen molar-refractivity contribution in [3.63, 3.8) is 0 Å². The van der Waals surface area contributed by atoms with Crippen molar-refractivity contribution in [2.24, 2.45) is 5.92 Å². The van der Waals surface area contributed by atoms with Crippen molar-refractivity contribution in [2.45, 2.75) is 33.3 Å². The van der Waals surface area contributed by atoms with E-state index >= 15 is 0 Å². The number of carbonyl (C=O) groups excluding carboxylic acids is 1. The molecular formula is C17H25NO3. The highest BCUT2D eigenvalue weighted by Gasteiger charge is 2.07. The Labute approximate surface area is 126 Å². The lowest BCUT2D eigenvalue weighted by molar-refractivity contribution is -0.116. The van der Waals surface area contributed by atoms with Gasteiger partial charge < -0.3 is 15.2 Å². The zero-order chi connectivity index (χ0) is 15.7. The normalized spacial score (nSPS) is 12.6. The van der Waals surface area contributed by atoms with Gasteiger partial charge in [0.25, 0.3) is 0 Å². The molecule has 0 bridgehead atoms. The fourth-order valence-electron chi connectivity index (χ4n) is 1.92. The largest absolute Gasteiger partial charge is 0.494 e. The van der Waals surface area contributed by atoms with Crippen LogP contribution in [0, 0.1) is 5.92 Å². The van der Waals surface area contributed by atoms with Crippen LogP contribution in [-0.2, 0) is 4.79 Å². The minimum atomic E-state index is -0.493. The van der Waals surface area contributed by atoms with Crippen LogP contribution in [0.1, 0.15) is 32.8 Å². The first-order valence-electron chi connectivity index (χ1n) is 7.38. The summed E-state index contributed by atoms with van der Waals surface area (Å²) in [5.74, 6) is 1.03. The lowest BCUT2D eigenvalue weighted by Gasteiger charge is -2.12. The number of nitrogens with one attached hydrogen (secondary N) is 1. The molecule has 0 heterocycles. The van der Waals surface area contributed by atoms with Crippen LogP contribution in [0.15, 0.2) is 30.3 Å². The summed E-state index contributed by atoms with van der Waals surface area (Å²) in [6, 6.07) is 7.52. The Morgan fingerprint density at radius 2 is 2.00 bits per heavy atom. The second-order valence-corrected chi connectivity index (χ2v) is 5.36. The number of aliphatic hydroxyl groups excluding tert-OH is 1. The molecule has 21 heavy (non-hydrogen) atoms. The molecule has 4 heteroatoms. The lowest BCUT2D eigenvalue weighted by atomic mass is 10.1. The van der Waals surface area contributed by atoms with E-state index in [9.17, 15) is 9.90 Å². The van der Waals surface area contributed by atoms with Crippen LogP contribution in [0.4, 0.5) is 0 Å². The average Bonchev–Trinajstić information content (AvgIpc) is 2.44. The van der Waals surface area contributed by atoms with E-state index in [2.05, 4.69) is 5.32 Å². The molecule has 1 atom stereocenters. The predicted molar refractivity (Wildman–Crippen MR) is 85.1 cm³/mol. The molecule has 0 spiro atoms. The SMILES string of the molecule is CCOc1ccc(/C=C/C(=O)NCC(O)CC(C)C)cc1. The number of rotatable bonds is 8. The van der Waals surface area contributed by atoms with Crippen molar-refractivity contribution < 1.29 is 14.6 Å². The Morgan fingerprint density at radius 1 is 1.33 bits per heavy atom. The minimum Gasteiger partial charge on any atom is -0.494 e. The third-order valence-corrected chi connectivity index (χ3v) is 2.87. The summed E-state index contributed by atoms with van der Waals surface area (Å²) in [6.07, 6.45) is 3.40. The molecule has 0 aliphatic carbocycles. The highest BCUT2D eigenvalue weighted by Crippen LogP contribution is 2.12. The fraction of sp³-hybridized carbons (Fsp3) is 0.471. The second kappa shape index (κ2) is 9.19. The zero-order valence-corrected chi connectivity index (χ0v) is 13.0. The maximum atomic E-state index is 11.6. The van der Waals surface area contributed by atoms with Crippen molar-refractivity contribution in [3.05, 3.63) is 35.9 Å². The summed E-state index contributed by atoms with van der Waals surface area (Å²) in [4.78, 5) is 11.6. The van der Waals surface area contributed by atoms with E-state index in [0.717, 1.165) is 11.3 Å². The second-order valence-electron chi connectivity index (χ2n) is 5.36. The topological polar surface area (TPSA) is 58.6 Å². The van der Waals surface area contributed by atoms with Crippen LogP contribution in [0.2, 0.25) is 0 Å². The molecule has 4 nitrogen and oxygen atoms in total. The van der Waals surface area contributed by atoms with E-state index < -0.39 is 6.10 Å². The first-order chi connectivity index (χ1) is 10.0. The molecule has 1 unspecified atom stereocenters. The molecule has 0 aromatic heterocycles. The fourth-order valence-corrected chi connectivity index (χ4v) is 1.92. The molecule has 0 radical (unpaired) electrons. The Bertz CT molecular complexity index is 452. The molecule has 1 rings (SSSR count). The molecule has 0 saturated heterocycles. The molecule has 1 aromatic carbocycles. The Morgan fingerprint density at radius 3 is 2.57 bits per heavy atom. The smallest absolute Gasteiger partial charge is 0.244 e. The van der Waals surface area contributed by atoms with Crippen LogP contribution in [0.5, 0.6) is 5.75 Å². The number of hydrogen-bond acceptors (Lipinski definition) is 3. The monoisotopic (exact) mass is 291 g/mol. The molecule has 1 amide bonds. The third-order valence-electron chi connectivity index (χ3n) is 2.87. The Hall–Kier alpha value is -1.81. The molecule has 2 N–H and O–H groups in total. The summed E-state index contributed by atoms with van der Waals surface area (Å²) in [7, 11) is 0. The molecule has 0 aliphatic rings. The van der Waals surface area contributed by atoms with Gasteiger partial charge in [-0.3, -0.25) is 4.79 Å². The van der Waals surface area contributed by atoms with E-state index in [4.69, 9.17) is 4.74 Å². The zero-order valence-electron chi connectivity index (χ0n) is 13.0. The van der Waals surface area contributed by atoms with Crippen LogP contribution in [0.3, 0.4) is 0 Å². The van der Waals surface area contributed by atoms with Crippen LogP contribution in [-0.4, -0.2) is 30.3 Å². The van der Waals surface area contributed by atoms with E-state index in [0.29, 0.717) is 18.9 Å². The van der Waals surface area contributed by atoms with Gasteiger partial charge in [0.1, 0.15) is 5.75 Å². The van der Waals surface area contributed by atoms with Crippen molar-refractivity contribution >= 4 is 12.0 Å². The molecule has 116 valence electrons. The number of hydrogen-bond donors (Lipinski definition) is 2. The predicted octanol–water partition coefficient (Wildman–Crippen LogP) is 2.62. The minimum absolute atomic E-state index is 0.202. The quantitative estimate of drug-likeness (QED) is 0.724. The van der Waals surface area contributed by atoms with Gasteiger partial charge in [-0.1, -0.05) is 26.0 Å². The molecule has 0 saturated carbocycles. The maximum absolute atomic E-state index is 11.6. The van der Waals surface area contributed by atoms with E-state index in [1.807, 2.05) is 45.0 Å². The van der Waals surface area contributed by atoms with Crippen LogP contribution >= 0.6 is 0 Å². The van der Waals surface area contributed by atoms with Crippen molar-refractivity contribution in [3.8, 4) is 5.75 Å². The number of carbonyl (C=O) groups is 1. The Kier molecular flexibility index (Phi) is 7.54. The van der Waals surface area contributed by atoms with Crippen LogP contribution < -0.4 is 10.1 Å². The summed E-state index contributed by atoms with van der Waals surface area (Å²) >= 11 is 0. The molecule has 1 aromatic rings. The molecule has 0 aliphatic heterocycles. The first-order valence-corrected chi connectivity index (χ1v) is 7.38. The summed E-state index contributed by atoms with van der Waals surface area (Å²) in [6.45, 7) is 6.93. The Balaban J connectivity index is 2.39. The van der Waals surface area contributed by atoms with E-state index in [1.54, 1.807) is 6.08 Å². The number of amides is 1. The maximum Gasteiger partial charge on any atom is 0.244 e. The van der Waals surface area contributed by atoms with Crippen LogP contribution in [0.25, 0.3) is 6.08 Å². The number of aliphatic hydroxyl groups is 1. The standard InChI is InChI=1S/C17H25NO3/c1-4-21-16-8-5-14(6-9-16)7-10-17(20)18-12-15(19)11-13(2)3/h5-10,13,15,19H,4,11-12H2,1-3H3,(H,18,20)/b10-7+. The van der Waals surface area contributed by atoms with E-state index in [-0.39, 0.29) is 12.5 Å². The summed E-state index contributed by atoms with van der Waals surface area (Å²) < 4.78 is 5.35.